The molecule has 0 aromatic heterocycles. The maximum atomic E-state index is 12.5. The first kappa shape index (κ1) is 21.4. The van der Waals surface area contributed by atoms with Gasteiger partial charge in [-0.1, -0.05) is 43.6 Å². The molecular weight excluding hydrogens is 384 g/mol. The highest BCUT2D eigenvalue weighted by Crippen LogP contribution is 2.27. The number of ether oxygens (including phenoxy) is 1. The third-order valence-electron chi connectivity index (χ3n) is 4.39. The summed E-state index contributed by atoms with van der Waals surface area (Å²) < 4.78 is 5.13. The highest BCUT2D eigenvalue weighted by atomic mass is 35.5. The van der Waals surface area contributed by atoms with E-state index in [1.807, 2.05) is 26.0 Å². The van der Waals surface area contributed by atoms with Gasteiger partial charge in [-0.15, -0.1) is 0 Å². The minimum absolute atomic E-state index is 0.150. The predicted octanol–water partition coefficient (Wildman–Crippen LogP) is 4.95. The van der Waals surface area contributed by atoms with Crippen molar-refractivity contribution in [2.75, 3.05) is 5.32 Å². The standard InChI is InChI=1S/C20H21ClN2O5/c1-4-12(2)15-7-5-6-8-17(15)22-19(24)13(3)28-20(25)16-11-14(21)9-10-18(16)23(26)27/h5-13H,4H2,1-3H3,(H,22,24)/t12-,13+/m0/s1. The van der Waals surface area contributed by atoms with Crippen molar-refractivity contribution in [3.8, 4) is 0 Å². The number of nitro groups is 1. The van der Waals surface area contributed by atoms with Crippen LogP contribution in [0.15, 0.2) is 42.5 Å². The second-order valence-corrected chi connectivity index (χ2v) is 6.79. The Hall–Kier alpha value is -2.93. The zero-order valence-electron chi connectivity index (χ0n) is 15.8. The first-order valence-corrected chi connectivity index (χ1v) is 9.17. The topological polar surface area (TPSA) is 98.5 Å². The molecule has 0 saturated carbocycles. The van der Waals surface area contributed by atoms with E-state index < -0.39 is 28.6 Å². The number of hydrogen-bond donors (Lipinski definition) is 1. The lowest BCUT2D eigenvalue weighted by Gasteiger charge is -2.18. The molecule has 1 N–H and O–H groups in total. The molecule has 28 heavy (non-hydrogen) atoms. The molecule has 0 spiro atoms. The molecular formula is C20H21ClN2O5. The quantitative estimate of drug-likeness (QED) is 0.400. The van der Waals surface area contributed by atoms with Crippen LogP contribution in [0.4, 0.5) is 11.4 Å². The Morgan fingerprint density at radius 2 is 1.89 bits per heavy atom. The summed E-state index contributed by atoms with van der Waals surface area (Å²) in [6.07, 6.45) is -0.258. The molecule has 148 valence electrons. The fourth-order valence-corrected chi connectivity index (χ4v) is 2.78. The monoisotopic (exact) mass is 404 g/mol. The number of amides is 1. The Kier molecular flexibility index (Phi) is 7.12. The van der Waals surface area contributed by atoms with Crippen LogP contribution in [-0.2, 0) is 9.53 Å². The van der Waals surface area contributed by atoms with Crippen LogP contribution in [0.3, 0.4) is 0 Å². The molecule has 0 fully saturated rings. The van der Waals surface area contributed by atoms with Crippen molar-refractivity contribution in [3.05, 3.63) is 68.7 Å². The van der Waals surface area contributed by atoms with E-state index in [-0.39, 0.29) is 16.5 Å². The molecule has 2 atom stereocenters. The Morgan fingerprint density at radius 1 is 1.21 bits per heavy atom. The van der Waals surface area contributed by atoms with Gasteiger partial charge in [-0.3, -0.25) is 14.9 Å². The predicted molar refractivity (Wildman–Crippen MR) is 107 cm³/mol. The van der Waals surface area contributed by atoms with Gasteiger partial charge in [-0.05, 0) is 43.0 Å². The number of nitro benzene ring substituents is 1. The number of anilines is 1. The summed E-state index contributed by atoms with van der Waals surface area (Å²) in [5.41, 5.74) is 0.863. The Labute approximate surface area is 167 Å². The van der Waals surface area contributed by atoms with Crippen LogP contribution in [0.1, 0.15) is 49.0 Å². The van der Waals surface area contributed by atoms with Crippen molar-refractivity contribution in [2.24, 2.45) is 0 Å². The van der Waals surface area contributed by atoms with Crippen molar-refractivity contribution in [2.45, 2.75) is 39.2 Å². The number of benzene rings is 2. The fraction of sp³-hybridized carbons (Fsp3) is 0.300. The van der Waals surface area contributed by atoms with Gasteiger partial charge in [0.15, 0.2) is 6.10 Å². The van der Waals surface area contributed by atoms with Gasteiger partial charge in [0, 0.05) is 16.8 Å². The Balaban J connectivity index is 2.15. The van der Waals surface area contributed by atoms with Crippen molar-refractivity contribution in [3.63, 3.8) is 0 Å². The lowest BCUT2D eigenvalue weighted by molar-refractivity contribution is -0.385. The van der Waals surface area contributed by atoms with Crippen LogP contribution in [0.25, 0.3) is 0 Å². The molecule has 0 aliphatic carbocycles. The van der Waals surface area contributed by atoms with Crippen LogP contribution in [0.2, 0.25) is 5.02 Å². The first-order chi connectivity index (χ1) is 13.2. The summed E-state index contributed by atoms with van der Waals surface area (Å²) in [6.45, 7) is 5.49. The summed E-state index contributed by atoms with van der Waals surface area (Å²) in [5.74, 6) is -1.29. The van der Waals surface area contributed by atoms with E-state index in [1.165, 1.54) is 13.0 Å². The van der Waals surface area contributed by atoms with Gasteiger partial charge in [-0.25, -0.2) is 4.79 Å². The normalized spacial score (nSPS) is 12.7. The Bertz CT molecular complexity index is 900. The average Bonchev–Trinajstić information content (AvgIpc) is 2.67. The van der Waals surface area contributed by atoms with Gasteiger partial charge >= 0.3 is 5.97 Å². The smallest absolute Gasteiger partial charge is 0.345 e. The molecule has 0 bridgehead atoms. The molecule has 0 saturated heterocycles. The molecule has 0 aliphatic rings. The zero-order chi connectivity index (χ0) is 20.8. The molecule has 2 rings (SSSR count). The van der Waals surface area contributed by atoms with Crippen LogP contribution in [-0.4, -0.2) is 22.9 Å². The summed E-state index contributed by atoms with van der Waals surface area (Å²) in [6, 6.07) is 11.0. The lowest BCUT2D eigenvalue weighted by atomic mass is 9.97. The summed E-state index contributed by atoms with van der Waals surface area (Å²) in [5, 5.41) is 14.0. The molecule has 0 unspecified atom stereocenters. The van der Waals surface area contributed by atoms with Crippen molar-refractivity contribution in [1.82, 2.24) is 0 Å². The largest absolute Gasteiger partial charge is 0.449 e. The third kappa shape index (κ3) is 5.07. The molecule has 0 heterocycles. The van der Waals surface area contributed by atoms with E-state index in [0.29, 0.717) is 5.69 Å². The van der Waals surface area contributed by atoms with E-state index in [0.717, 1.165) is 24.1 Å². The minimum Gasteiger partial charge on any atom is -0.449 e. The molecule has 2 aromatic rings. The molecule has 8 heteroatoms. The molecule has 1 amide bonds. The van der Waals surface area contributed by atoms with Crippen LogP contribution >= 0.6 is 11.6 Å². The van der Waals surface area contributed by atoms with E-state index >= 15 is 0 Å². The van der Waals surface area contributed by atoms with Gasteiger partial charge in [0.2, 0.25) is 0 Å². The van der Waals surface area contributed by atoms with Gasteiger partial charge < -0.3 is 10.1 Å². The third-order valence-corrected chi connectivity index (χ3v) is 4.63. The molecule has 7 nitrogen and oxygen atoms in total. The SMILES string of the molecule is CC[C@H](C)c1ccccc1NC(=O)[C@@H](C)OC(=O)c1cc(Cl)ccc1[N+](=O)[O-]. The summed E-state index contributed by atoms with van der Waals surface area (Å²) >= 11 is 5.82. The van der Waals surface area contributed by atoms with E-state index in [4.69, 9.17) is 16.3 Å². The number of hydrogen-bond acceptors (Lipinski definition) is 5. The number of rotatable bonds is 7. The average molecular weight is 405 g/mol. The van der Waals surface area contributed by atoms with E-state index in [9.17, 15) is 19.7 Å². The molecule has 0 radical (unpaired) electrons. The maximum Gasteiger partial charge on any atom is 0.345 e. The van der Waals surface area contributed by atoms with Crippen LogP contribution < -0.4 is 5.32 Å². The Morgan fingerprint density at radius 3 is 2.54 bits per heavy atom. The van der Waals surface area contributed by atoms with Crippen LogP contribution in [0.5, 0.6) is 0 Å². The number of carbonyl (C=O) groups is 2. The van der Waals surface area contributed by atoms with Crippen LogP contribution in [0, 0.1) is 10.1 Å². The lowest BCUT2D eigenvalue weighted by Crippen LogP contribution is -2.30. The number of para-hydroxylation sites is 1. The molecule has 2 aromatic carbocycles. The van der Waals surface area contributed by atoms with Crippen molar-refractivity contribution in [1.29, 1.82) is 0 Å². The number of esters is 1. The highest BCUT2D eigenvalue weighted by Gasteiger charge is 2.26. The fourth-order valence-electron chi connectivity index (χ4n) is 2.60. The highest BCUT2D eigenvalue weighted by molar-refractivity contribution is 6.31. The van der Waals surface area contributed by atoms with Gasteiger partial charge in [0.1, 0.15) is 5.56 Å². The van der Waals surface area contributed by atoms with Gasteiger partial charge in [-0.2, -0.15) is 0 Å². The van der Waals surface area contributed by atoms with E-state index in [2.05, 4.69) is 5.32 Å². The molecule has 0 aliphatic heterocycles. The maximum absolute atomic E-state index is 12.5. The van der Waals surface area contributed by atoms with Gasteiger partial charge in [0.05, 0.1) is 4.92 Å². The second-order valence-electron chi connectivity index (χ2n) is 6.35. The van der Waals surface area contributed by atoms with Crippen molar-refractivity contribution >= 4 is 34.9 Å². The number of nitrogens with one attached hydrogen (secondary N) is 1. The number of carbonyl (C=O) groups excluding carboxylic acids is 2. The summed E-state index contributed by atoms with van der Waals surface area (Å²) in [4.78, 5) is 35.2. The second kappa shape index (κ2) is 9.32. The minimum atomic E-state index is -1.16. The van der Waals surface area contributed by atoms with Crippen molar-refractivity contribution < 1.29 is 19.2 Å². The first-order valence-electron chi connectivity index (χ1n) is 8.79. The van der Waals surface area contributed by atoms with Gasteiger partial charge in [0.25, 0.3) is 11.6 Å². The number of nitrogens with zero attached hydrogens (tertiary/aromatic N) is 1. The number of halogens is 1. The summed E-state index contributed by atoms with van der Waals surface area (Å²) in [7, 11) is 0. The zero-order valence-corrected chi connectivity index (χ0v) is 16.5. The van der Waals surface area contributed by atoms with E-state index in [1.54, 1.807) is 12.1 Å².